The maximum atomic E-state index is 12.2. The van der Waals surface area contributed by atoms with Crippen LogP contribution in [-0.4, -0.2) is 29.2 Å². The van der Waals surface area contributed by atoms with Gasteiger partial charge in [0.05, 0.1) is 6.61 Å². The quantitative estimate of drug-likeness (QED) is 0.618. The number of aryl methyl sites for hydroxylation is 2. The van der Waals surface area contributed by atoms with Crippen LogP contribution in [0.25, 0.3) is 10.9 Å². The first-order valence-corrected chi connectivity index (χ1v) is 8.36. The number of amides is 1. The first-order valence-electron chi connectivity index (χ1n) is 8.36. The van der Waals surface area contributed by atoms with E-state index in [4.69, 9.17) is 9.84 Å². The van der Waals surface area contributed by atoms with E-state index in [1.807, 2.05) is 6.20 Å². The molecule has 0 radical (unpaired) electrons. The summed E-state index contributed by atoms with van der Waals surface area (Å²) in [5.41, 5.74) is 4.19. The third kappa shape index (κ3) is 4.39. The molecule has 3 rings (SSSR count). The third-order valence-corrected chi connectivity index (χ3v) is 4.04. The molecule has 0 saturated carbocycles. The Balaban J connectivity index is 1.56. The van der Waals surface area contributed by atoms with Crippen LogP contribution in [0.3, 0.4) is 0 Å². The van der Waals surface area contributed by atoms with E-state index in [1.165, 1.54) is 10.9 Å². The Bertz CT molecular complexity index is 853. The van der Waals surface area contributed by atoms with Gasteiger partial charge in [0.25, 0.3) is 0 Å². The molecule has 0 fully saturated rings. The molecule has 0 aliphatic rings. The molecule has 0 aliphatic carbocycles. The predicted octanol–water partition coefficient (Wildman–Crippen LogP) is 3.42. The molecule has 25 heavy (non-hydrogen) atoms. The van der Waals surface area contributed by atoms with Gasteiger partial charge in [-0.1, -0.05) is 11.6 Å². The number of nitrogens with one attached hydrogen (secondary N) is 2. The summed E-state index contributed by atoms with van der Waals surface area (Å²) in [6, 6.07) is 13.4. The fourth-order valence-corrected chi connectivity index (χ4v) is 2.77. The summed E-state index contributed by atoms with van der Waals surface area (Å²) in [5, 5.41) is 12.8. The minimum Gasteiger partial charge on any atom is -0.491 e. The fourth-order valence-electron chi connectivity index (χ4n) is 2.77. The second kappa shape index (κ2) is 7.85. The van der Waals surface area contributed by atoms with Gasteiger partial charge in [0.15, 0.2) is 0 Å². The van der Waals surface area contributed by atoms with Gasteiger partial charge in [0.1, 0.15) is 12.4 Å². The number of ether oxygens (including phenoxy) is 1. The van der Waals surface area contributed by atoms with Crippen LogP contribution < -0.4 is 10.1 Å². The maximum Gasteiger partial charge on any atom is 0.224 e. The zero-order chi connectivity index (χ0) is 17.6. The second-order valence-electron chi connectivity index (χ2n) is 6.01. The van der Waals surface area contributed by atoms with Crippen molar-refractivity contribution < 1.29 is 14.6 Å². The molecule has 1 aromatic heterocycles. The molecule has 130 valence electrons. The van der Waals surface area contributed by atoms with Gasteiger partial charge in [-0.15, -0.1) is 0 Å². The van der Waals surface area contributed by atoms with Gasteiger partial charge in [0, 0.05) is 29.2 Å². The molecular formula is C20H22N2O3. The highest BCUT2D eigenvalue weighted by Crippen LogP contribution is 2.21. The van der Waals surface area contributed by atoms with Gasteiger partial charge in [-0.3, -0.25) is 4.79 Å². The molecule has 2 aromatic carbocycles. The molecule has 1 amide bonds. The number of rotatable bonds is 7. The molecule has 0 unspecified atom stereocenters. The number of anilines is 1. The molecule has 0 aliphatic heterocycles. The lowest BCUT2D eigenvalue weighted by Gasteiger charge is -2.07. The minimum absolute atomic E-state index is 0.0220. The summed E-state index contributed by atoms with van der Waals surface area (Å²) >= 11 is 0. The summed E-state index contributed by atoms with van der Waals surface area (Å²) in [5.74, 6) is 0.646. The highest BCUT2D eigenvalue weighted by atomic mass is 16.5. The van der Waals surface area contributed by atoms with Crippen molar-refractivity contribution in [2.75, 3.05) is 18.5 Å². The molecule has 0 spiro atoms. The third-order valence-electron chi connectivity index (χ3n) is 4.04. The Morgan fingerprint density at radius 3 is 2.76 bits per heavy atom. The second-order valence-corrected chi connectivity index (χ2v) is 6.01. The molecule has 5 heteroatoms. The van der Waals surface area contributed by atoms with Crippen molar-refractivity contribution in [2.45, 2.75) is 19.8 Å². The number of fused-ring (bicyclic) bond motifs is 1. The summed E-state index contributed by atoms with van der Waals surface area (Å²) in [4.78, 5) is 15.4. The van der Waals surface area contributed by atoms with Crippen LogP contribution in [0.5, 0.6) is 5.75 Å². The molecule has 0 atom stereocenters. The lowest BCUT2D eigenvalue weighted by molar-refractivity contribution is -0.116. The van der Waals surface area contributed by atoms with E-state index in [2.05, 4.69) is 35.4 Å². The number of hydrogen-bond acceptors (Lipinski definition) is 3. The number of carbonyl (C=O) groups excluding carboxylic acids is 1. The van der Waals surface area contributed by atoms with E-state index in [-0.39, 0.29) is 19.1 Å². The van der Waals surface area contributed by atoms with Crippen LogP contribution in [0, 0.1) is 6.92 Å². The number of aliphatic hydroxyl groups excluding tert-OH is 1. The van der Waals surface area contributed by atoms with Gasteiger partial charge >= 0.3 is 0 Å². The summed E-state index contributed by atoms with van der Waals surface area (Å²) in [6.07, 6.45) is 3.08. The number of carbonyl (C=O) groups is 1. The predicted molar refractivity (Wildman–Crippen MR) is 99.0 cm³/mol. The highest BCUT2D eigenvalue weighted by molar-refractivity contribution is 5.91. The van der Waals surface area contributed by atoms with Crippen molar-refractivity contribution in [3.05, 3.63) is 59.8 Å². The van der Waals surface area contributed by atoms with Crippen molar-refractivity contribution in [3.63, 3.8) is 0 Å². The van der Waals surface area contributed by atoms with Crippen molar-refractivity contribution in [1.29, 1.82) is 0 Å². The number of hydrogen-bond donors (Lipinski definition) is 3. The largest absolute Gasteiger partial charge is 0.491 e. The Labute approximate surface area is 146 Å². The lowest BCUT2D eigenvalue weighted by atomic mass is 10.1. The van der Waals surface area contributed by atoms with Gasteiger partial charge in [-0.25, -0.2) is 0 Å². The average molecular weight is 338 g/mol. The number of H-pyrrole nitrogens is 1. The van der Waals surface area contributed by atoms with E-state index in [0.717, 1.165) is 16.8 Å². The van der Waals surface area contributed by atoms with Crippen LogP contribution in [0.1, 0.15) is 17.5 Å². The number of aromatic amines is 1. The van der Waals surface area contributed by atoms with Crippen LogP contribution in [0.15, 0.2) is 48.7 Å². The van der Waals surface area contributed by atoms with Crippen molar-refractivity contribution >= 4 is 22.5 Å². The fraction of sp³-hybridized carbons (Fsp3) is 0.250. The molecule has 1 heterocycles. The Morgan fingerprint density at radius 1 is 1.20 bits per heavy atom. The number of aromatic nitrogens is 1. The van der Waals surface area contributed by atoms with Crippen LogP contribution >= 0.6 is 0 Å². The van der Waals surface area contributed by atoms with Crippen molar-refractivity contribution in [1.82, 2.24) is 4.98 Å². The maximum absolute atomic E-state index is 12.2. The zero-order valence-electron chi connectivity index (χ0n) is 14.2. The Kier molecular flexibility index (Phi) is 5.36. The summed E-state index contributed by atoms with van der Waals surface area (Å²) < 4.78 is 5.30. The molecule has 3 aromatic rings. The Hall–Kier alpha value is -2.79. The lowest BCUT2D eigenvalue weighted by Crippen LogP contribution is -2.12. The number of benzene rings is 2. The molecule has 5 nitrogen and oxygen atoms in total. The zero-order valence-corrected chi connectivity index (χ0v) is 14.2. The minimum atomic E-state index is -0.0222. The monoisotopic (exact) mass is 338 g/mol. The normalized spacial score (nSPS) is 10.8. The van der Waals surface area contributed by atoms with Gasteiger partial charge in [-0.2, -0.15) is 0 Å². The molecule has 0 saturated heterocycles. The van der Waals surface area contributed by atoms with E-state index < -0.39 is 0 Å². The van der Waals surface area contributed by atoms with Crippen LogP contribution in [0.4, 0.5) is 5.69 Å². The highest BCUT2D eigenvalue weighted by Gasteiger charge is 2.08. The number of aliphatic hydroxyl groups is 1. The van der Waals surface area contributed by atoms with Crippen LogP contribution in [-0.2, 0) is 11.2 Å². The van der Waals surface area contributed by atoms with E-state index >= 15 is 0 Å². The SMILES string of the molecule is Cc1ccc2[nH]cc(CCC(=O)Nc3ccc(OCCO)cc3)c2c1. The van der Waals surface area contributed by atoms with Crippen LogP contribution in [0.2, 0.25) is 0 Å². The summed E-state index contributed by atoms with van der Waals surface area (Å²) in [6.45, 7) is 2.30. The first-order chi connectivity index (χ1) is 12.2. The Morgan fingerprint density at radius 2 is 2.00 bits per heavy atom. The van der Waals surface area contributed by atoms with Crippen molar-refractivity contribution in [2.24, 2.45) is 0 Å². The smallest absolute Gasteiger partial charge is 0.224 e. The van der Waals surface area contributed by atoms with E-state index in [1.54, 1.807) is 24.3 Å². The molecular weight excluding hydrogens is 316 g/mol. The first kappa shape index (κ1) is 17.0. The summed E-state index contributed by atoms with van der Waals surface area (Å²) in [7, 11) is 0. The van der Waals surface area contributed by atoms with Gasteiger partial charge < -0.3 is 20.1 Å². The molecule has 3 N–H and O–H groups in total. The van der Waals surface area contributed by atoms with E-state index in [9.17, 15) is 4.79 Å². The van der Waals surface area contributed by atoms with Gasteiger partial charge in [-0.05, 0) is 55.3 Å². The van der Waals surface area contributed by atoms with Gasteiger partial charge in [0.2, 0.25) is 5.91 Å². The van der Waals surface area contributed by atoms with E-state index in [0.29, 0.717) is 18.6 Å². The average Bonchev–Trinajstić information content (AvgIpc) is 3.01. The van der Waals surface area contributed by atoms with Crippen molar-refractivity contribution in [3.8, 4) is 5.75 Å². The topological polar surface area (TPSA) is 74.4 Å². The molecule has 0 bridgehead atoms. The standard InChI is InChI=1S/C20H22N2O3/c1-14-2-8-19-18(12-14)15(13-21-19)3-9-20(24)22-16-4-6-17(7-5-16)25-11-10-23/h2,4-8,12-13,21,23H,3,9-11H2,1H3,(H,22,24).